The van der Waals surface area contributed by atoms with Gasteiger partial charge in [0.25, 0.3) is 0 Å². The standard InChI is InChI=1S/C16H16OS2/c1-13-4-2-5-14(8-13)10-18-12-16-9-15(11-19-16)6-3-7-17/h2,4-5,8-9,11,17H,7,10,12H2,1H3. The zero-order valence-corrected chi connectivity index (χ0v) is 12.5. The molecule has 1 heterocycles. The fourth-order valence-corrected chi connectivity index (χ4v) is 3.66. The number of aliphatic hydroxyl groups is 1. The van der Waals surface area contributed by atoms with E-state index >= 15 is 0 Å². The van der Waals surface area contributed by atoms with Gasteiger partial charge in [-0.15, -0.1) is 11.3 Å². The minimum atomic E-state index is -0.0761. The number of benzene rings is 1. The summed E-state index contributed by atoms with van der Waals surface area (Å²) in [5.74, 6) is 7.66. The van der Waals surface area contributed by atoms with Crippen LogP contribution < -0.4 is 0 Å². The normalized spacial score (nSPS) is 10.0. The van der Waals surface area contributed by atoms with E-state index in [1.165, 1.54) is 16.0 Å². The highest BCUT2D eigenvalue weighted by atomic mass is 32.2. The van der Waals surface area contributed by atoms with E-state index in [4.69, 9.17) is 5.11 Å². The molecule has 2 rings (SSSR count). The topological polar surface area (TPSA) is 20.2 Å². The molecule has 1 aromatic carbocycles. The van der Waals surface area contributed by atoms with Crippen molar-refractivity contribution in [2.75, 3.05) is 6.61 Å². The summed E-state index contributed by atoms with van der Waals surface area (Å²) in [6.45, 7) is 2.05. The van der Waals surface area contributed by atoms with Crippen molar-refractivity contribution in [3.05, 3.63) is 57.3 Å². The Morgan fingerprint density at radius 3 is 2.95 bits per heavy atom. The van der Waals surface area contributed by atoms with Crippen LogP contribution in [0.1, 0.15) is 21.6 Å². The largest absolute Gasteiger partial charge is 0.384 e. The zero-order valence-electron chi connectivity index (χ0n) is 10.8. The van der Waals surface area contributed by atoms with Gasteiger partial charge < -0.3 is 5.11 Å². The molecule has 0 amide bonds. The Balaban J connectivity index is 1.84. The molecule has 0 saturated carbocycles. The van der Waals surface area contributed by atoms with Gasteiger partial charge in [-0.05, 0) is 18.6 Å². The molecule has 0 unspecified atom stereocenters. The van der Waals surface area contributed by atoms with Crippen LogP contribution >= 0.6 is 23.1 Å². The van der Waals surface area contributed by atoms with Crippen LogP contribution in [0.4, 0.5) is 0 Å². The van der Waals surface area contributed by atoms with Gasteiger partial charge in [-0.3, -0.25) is 0 Å². The number of aliphatic hydroxyl groups excluding tert-OH is 1. The van der Waals surface area contributed by atoms with Gasteiger partial charge in [-0.25, -0.2) is 0 Å². The summed E-state index contributed by atoms with van der Waals surface area (Å²) in [6.07, 6.45) is 0. The molecule has 0 radical (unpaired) electrons. The summed E-state index contributed by atoms with van der Waals surface area (Å²) in [4.78, 5) is 1.33. The second kappa shape index (κ2) is 7.40. The summed E-state index contributed by atoms with van der Waals surface area (Å²) in [5, 5.41) is 10.7. The van der Waals surface area contributed by atoms with Crippen LogP contribution in [0.5, 0.6) is 0 Å². The second-order valence-electron chi connectivity index (χ2n) is 4.24. The molecule has 0 aliphatic carbocycles. The van der Waals surface area contributed by atoms with Crippen LogP contribution in [0.2, 0.25) is 0 Å². The Morgan fingerprint density at radius 1 is 1.26 bits per heavy atom. The Hall–Kier alpha value is -1.21. The van der Waals surface area contributed by atoms with Crippen molar-refractivity contribution in [3.63, 3.8) is 0 Å². The maximum absolute atomic E-state index is 8.65. The summed E-state index contributed by atoms with van der Waals surface area (Å²) in [6, 6.07) is 10.8. The van der Waals surface area contributed by atoms with Crippen molar-refractivity contribution in [1.82, 2.24) is 0 Å². The molecule has 2 aromatic rings. The van der Waals surface area contributed by atoms with Gasteiger partial charge in [0, 0.05) is 27.3 Å². The molecule has 1 N–H and O–H groups in total. The molecule has 19 heavy (non-hydrogen) atoms. The third kappa shape index (κ3) is 4.76. The molecule has 0 aliphatic heterocycles. The van der Waals surface area contributed by atoms with Gasteiger partial charge in [0.15, 0.2) is 0 Å². The molecule has 0 bridgehead atoms. The number of thioether (sulfide) groups is 1. The highest BCUT2D eigenvalue weighted by molar-refractivity contribution is 7.97. The van der Waals surface area contributed by atoms with Crippen molar-refractivity contribution in [3.8, 4) is 11.8 Å². The lowest BCUT2D eigenvalue weighted by atomic mass is 10.2. The van der Waals surface area contributed by atoms with Gasteiger partial charge in [-0.2, -0.15) is 11.8 Å². The predicted octanol–water partition coefficient (Wildman–Crippen LogP) is 3.83. The van der Waals surface area contributed by atoms with Gasteiger partial charge in [0.1, 0.15) is 6.61 Å². The zero-order chi connectivity index (χ0) is 13.5. The highest BCUT2D eigenvalue weighted by Crippen LogP contribution is 2.23. The van der Waals surface area contributed by atoms with Crippen LogP contribution in [0.15, 0.2) is 35.7 Å². The fraction of sp³-hybridized carbons (Fsp3) is 0.250. The van der Waals surface area contributed by atoms with Gasteiger partial charge in [0.2, 0.25) is 0 Å². The third-order valence-corrected chi connectivity index (χ3v) is 4.73. The maximum atomic E-state index is 8.65. The lowest BCUT2D eigenvalue weighted by Crippen LogP contribution is -1.82. The number of aryl methyl sites for hydroxylation is 1. The van der Waals surface area contributed by atoms with E-state index in [0.29, 0.717) is 0 Å². The van der Waals surface area contributed by atoms with Crippen LogP contribution in [0.25, 0.3) is 0 Å². The smallest absolute Gasteiger partial charge is 0.104 e. The monoisotopic (exact) mass is 288 g/mol. The fourth-order valence-electron chi connectivity index (χ4n) is 1.73. The van der Waals surface area contributed by atoms with Gasteiger partial charge in [-0.1, -0.05) is 41.7 Å². The molecule has 1 aromatic heterocycles. The molecule has 3 heteroatoms. The average molecular weight is 288 g/mol. The molecule has 98 valence electrons. The second-order valence-corrected chi connectivity index (χ2v) is 6.22. The minimum absolute atomic E-state index is 0.0761. The summed E-state index contributed by atoms with van der Waals surface area (Å²) in [5.41, 5.74) is 3.70. The SMILES string of the molecule is Cc1cccc(CSCc2cc(C#CCO)cs2)c1. The lowest BCUT2D eigenvalue weighted by molar-refractivity contribution is 0.350. The molecule has 1 nitrogen and oxygen atoms in total. The van der Waals surface area contributed by atoms with E-state index < -0.39 is 0 Å². The van der Waals surface area contributed by atoms with Crippen LogP contribution in [-0.4, -0.2) is 11.7 Å². The molecular formula is C16H16OS2. The molecule has 0 aliphatic rings. The average Bonchev–Trinajstić information content (AvgIpc) is 2.84. The van der Waals surface area contributed by atoms with Crippen molar-refractivity contribution >= 4 is 23.1 Å². The number of thiophene rings is 1. The van der Waals surface area contributed by atoms with E-state index in [2.05, 4.69) is 49.1 Å². The highest BCUT2D eigenvalue weighted by Gasteiger charge is 1.99. The predicted molar refractivity (Wildman–Crippen MR) is 84.5 cm³/mol. The summed E-state index contributed by atoms with van der Waals surface area (Å²) < 4.78 is 0. The molecular weight excluding hydrogens is 272 g/mol. The first-order valence-corrected chi connectivity index (χ1v) is 8.12. The van der Waals surface area contributed by atoms with E-state index in [1.807, 2.05) is 17.1 Å². The first kappa shape index (κ1) is 14.2. The Kier molecular flexibility index (Phi) is 5.53. The summed E-state index contributed by atoms with van der Waals surface area (Å²) >= 11 is 3.65. The molecule has 0 spiro atoms. The van der Waals surface area contributed by atoms with Crippen molar-refractivity contribution in [2.45, 2.75) is 18.4 Å². The maximum Gasteiger partial charge on any atom is 0.104 e. The van der Waals surface area contributed by atoms with Crippen molar-refractivity contribution in [1.29, 1.82) is 0 Å². The van der Waals surface area contributed by atoms with Crippen LogP contribution in [0.3, 0.4) is 0 Å². The Morgan fingerprint density at radius 2 is 2.16 bits per heavy atom. The Labute approximate surface area is 122 Å². The number of hydrogen-bond acceptors (Lipinski definition) is 3. The van der Waals surface area contributed by atoms with E-state index in [-0.39, 0.29) is 6.61 Å². The molecule has 0 atom stereocenters. The van der Waals surface area contributed by atoms with Crippen molar-refractivity contribution < 1.29 is 5.11 Å². The third-order valence-electron chi connectivity index (χ3n) is 2.56. The van der Waals surface area contributed by atoms with Crippen molar-refractivity contribution in [2.24, 2.45) is 0 Å². The first-order chi connectivity index (χ1) is 9.28. The van der Waals surface area contributed by atoms with Gasteiger partial charge in [0.05, 0.1) is 0 Å². The van der Waals surface area contributed by atoms with Crippen LogP contribution in [-0.2, 0) is 11.5 Å². The number of rotatable bonds is 4. The Bertz CT molecular complexity index is 590. The molecule has 0 fully saturated rings. The molecule has 0 saturated heterocycles. The van der Waals surface area contributed by atoms with E-state index in [0.717, 1.165) is 17.1 Å². The van der Waals surface area contributed by atoms with E-state index in [9.17, 15) is 0 Å². The van der Waals surface area contributed by atoms with Gasteiger partial charge >= 0.3 is 0 Å². The first-order valence-electron chi connectivity index (χ1n) is 6.08. The quantitative estimate of drug-likeness (QED) is 0.863. The minimum Gasteiger partial charge on any atom is -0.384 e. The number of hydrogen-bond donors (Lipinski definition) is 1. The lowest BCUT2D eigenvalue weighted by Gasteiger charge is -2.01. The van der Waals surface area contributed by atoms with Crippen LogP contribution in [0, 0.1) is 18.8 Å². The summed E-state index contributed by atoms with van der Waals surface area (Å²) in [7, 11) is 0. The van der Waals surface area contributed by atoms with E-state index in [1.54, 1.807) is 11.3 Å².